The zero-order valence-electron chi connectivity index (χ0n) is 11.3. The topological polar surface area (TPSA) is 102 Å². The molecule has 3 N–H and O–H groups in total. The quantitative estimate of drug-likeness (QED) is 0.650. The van der Waals surface area contributed by atoms with Crippen LogP contribution < -0.4 is 11.1 Å². The number of piperidine rings is 1. The van der Waals surface area contributed by atoms with Crippen molar-refractivity contribution in [3.8, 4) is 0 Å². The number of carbonyl (C=O) groups excluding carboxylic acids is 1. The fourth-order valence-electron chi connectivity index (χ4n) is 2.34. The summed E-state index contributed by atoms with van der Waals surface area (Å²) in [6.45, 7) is 3.13. The molecule has 2 rings (SSSR count). The van der Waals surface area contributed by atoms with Crippen LogP contribution in [0.15, 0.2) is 18.2 Å². The SMILES string of the molecule is Cc1ccc([N+](=O)[O-])cc1NC1CCN(C(N)=O)CC1. The van der Waals surface area contributed by atoms with E-state index in [1.807, 2.05) is 6.92 Å². The number of nitro benzene ring substituents is 1. The second-order valence-corrected chi connectivity index (χ2v) is 5.00. The molecule has 1 fully saturated rings. The minimum Gasteiger partial charge on any atom is -0.382 e. The zero-order valence-corrected chi connectivity index (χ0v) is 11.3. The number of nitrogens with two attached hydrogens (primary N) is 1. The number of likely N-dealkylation sites (tertiary alicyclic amines) is 1. The third kappa shape index (κ3) is 3.17. The normalized spacial score (nSPS) is 15.9. The van der Waals surface area contributed by atoms with Gasteiger partial charge in [-0.15, -0.1) is 0 Å². The number of urea groups is 1. The van der Waals surface area contributed by atoms with Crippen LogP contribution in [0.3, 0.4) is 0 Å². The van der Waals surface area contributed by atoms with Crippen molar-refractivity contribution in [1.29, 1.82) is 0 Å². The van der Waals surface area contributed by atoms with E-state index in [0.717, 1.165) is 24.1 Å². The lowest BCUT2D eigenvalue weighted by molar-refractivity contribution is -0.384. The predicted octanol–water partition coefficient (Wildman–Crippen LogP) is 1.86. The van der Waals surface area contributed by atoms with E-state index in [2.05, 4.69) is 5.32 Å². The second kappa shape index (κ2) is 5.77. The van der Waals surface area contributed by atoms with Crippen molar-refractivity contribution in [2.24, 2.45) is 5.73 Å². The van der Waals surface area contributed by atoms with Crippen LogP contribution in [-0.4, -0.2) is 35.0 Å². The van der Waals surface area contributed by atoms with Gasteiger partial charge in [-0.2, -0.15) is 0 Å². The van der Waals surface area contributed by atoms with E-state index < -0.39 is 11.0 Å². The van der Waals surface area contributed by atoms with Crippen LogP contribution in [0.2, 0.25) is 0 Å². The highest BCUT2D eigenvalue weighted by Crippen LogP contribution is 2.24. The van der Waals surface area contributed by atoms with Gasteiger partial charge in [0.2, 0.25) is 0 Å². The predicted molar refractivity (Wildman–Crippen MR) is 75.6 cm³/mol. The molecule has 0 unspecified atom stereocenters. The number of nitro groups is 1. The maximum Gasteiger partial charge on any atom is 0.314 e. The Morgan fingerprint density at radius 2 is 2.10 bits per heavy atom. The first-order valence-corrected chi connectivity index (χ1v) is 6.53. The molecule has 108 valence electrons. The van der Waals surface area contributed by atoms with Crippen molar-refractivity contribution < 1.29 is 9.72 Å². The Hall–Kier alpha value is -2.31. The van der Waals surface area contributed by atoms with Crippen molar-refractivity contribution in [3.63, 3.8) is 0 Å². The summed E-state index contributed by atoms with van der Waals surface area (Å²) in [6.07, 6.45) is 1.57. The lowest BCUT2D eigenvalue weighted by Gasteiger charge is -2.32. The van der Waals surface area contributed by atoms with E-state index in [9.17, 15) is 14.9 Å². The molecule has 2 amide bonds. The van der Waals surface area contributed by atoms with Gasteiger partial charge in [-0.3, -0.25) is 10.1 Å². The summed E-state index contributed by atoms with van der Waals surface area (Å²) < 4.78 is 0. The van der Waals surface area contributed by atoms with E-state index in [4.69, 9.17) is 5.73 Å². The maximum absolute atomic E-state index is 11.0. The molecule has 1 aromatic carbocycles. The summed E-state index contributed by atoms with van der Waals surface area (Å²) in [4.78, 5) is 23.0. The summed E-state index contributed by atoms with van der Waals surface area (Å²) in [6, 6.07) is 4.59. The number of nitrogens with zero attached hydrogens (tertiary/aromatic N) is 2. The van der Waals surface area contributed by atoms with Gasteiger partial charge in [0.25, 0.3) is 5.69 Å². The number of carbonyl (C=O) groups is 1. The molecule has 1 aromatic rings. The Balaban J connectivity index is 2.02. The first-order chi connectivity index (χ1) is 9.47. The maximum atomic E-state index is 11.0. The van der Waals surface area contributed by atoms with Crippen LogP contribution in [0.4, 0.5) is 16.2 Å². The molecule has 0 atom stereocenters. The number of non-ortho nitro benzene ring substituents is 1. The van der Waals surface area contributed by atoms with Gasteiger partial charge in [0.1, 0.15) is 0 Å². The van der Waals surface area contributed by atoms with Gasteiger partial charge in [0.05, 0.1) is 4.92 Å². The summed E-state index contributed by atoms with van der Waals surface area (Å²) in [5.41, 5.74) is 7.05. The van der Waals surface area contributed by atoms with Gasteiger partial charge in [0, 0.05) is 37.0 Å². The fraction of sp³-hybridized carbons (Fsp3) is 0.462. The molecule has 0 spiro atoms. The van der Waals surface area contributed by atoms with E-state index in [-0.39, 0.29) is 11.7 Å². The minimum absolute atomic E-state index is 0.0765. The Morgan fingerprint density at radius 3 is 2.65 bits per heavy atom. The van der Waals surface area contributed by atoms with Crippen molar-refractivity contribution in [2.45, 2.75) is 25.8 Å². The Bertz CT molecular complexity index is 524. The molecule has 20 heavy (non-hydrogen) atoms. The van der Waals surface area contributed by atoms with Crippen LogP contribution in [0.25, 0.3) is 0 Å². The molecule has 7 nitrogen and oxygen atoms in total. The summed E-state index contributed by atoms with van der Waals surface area (Å²) in [5.74, 6) is 0. The number of hydrogen-bond acceptors (Lipinski definition) is 4. The standard InChI is InChI=1S/C13H18N4O3/c1-9-2-3-11(17(19)20)8-12(9)15-10-4-6-16(7-5-10)13(14)18/h2-3,8,10,15H,4-7H2,1H3,(H2,14,18). The van der Waals surface area contributed by atoms with Crippen molar-refractivity contribution in [1.82, 2.24) is 4.90 Å². The minimum atomic E-state index is -0.402. The van der Waals surface area contributed by atoms with Crippen molar-refractivity contribution in [3.05, 3.63) is 33.9 Å². The Kier molecular flexibility index (Phi) is 4.07. The molecule has 1 aliphatic heterocycles. The number of amides is 2. The summed E-state index contributed by atoms with van der Waals surface area (Å²) in [5, 5.41) is 14.1. The van der Waals surface area contributed by atoms with Gasteiger partial charge >= 0.3 is 6.03 Å². The number of rotatable bonds is 3. The summed E-state index contributed by atoms with van der Waals surface area (Å²) in [7, 11) is 0. The number of primary amides is 1. The molecule has 0 saturated carbocycles. The molecule has 1 saturated heterocycles. The van der Waals surface area contributed by atoms with Crippen LogP contribution in [0, 0.1) is 17.0 Å². The third-order valence-corrected chi connectivity index (χ3v) is 3.60. The van der Waals surface area contributed by atoms with E-state index in [0.29, 0.717) is 13.1 Å². The van der Waals surface area contributed by atoms with E-state index in [1.165, 1.54) is 6.07 Å². The third-order valence-electron chi connectivity index (χ3n) is 3.60. The van der Waals surface area contributed by atoms with Gasteiger partial charge in [-0.05, 0) is 25.3 Å². The second-order valence-electron chi connectivity index (χ2n) is 5.00. The highest BCUT2D eigenvalue weighted by Gasteiger charge is 2.21. The van der Waals surface area contributed by atoms with Gasteiger partial charge in [-0.1, -0.05) is 6.07 Å². The lowest BCUT2D eigenvalue weighted by atomic mass is 10.0. The van der Waals surface area contributed by atoms with Crippen molar-refractivity contribution >= 4 is 17.4 Å². The lowest BCUT2D eigenvalue weighted by Crippen LogP contribution is -2.44. The van der Waals surface area contributed by atoms with Gasteiger partial charge < -0.3 is 16.0 Å². The largest absolute Gasteiger partial charge is 0.382 e. The number of nitrogens with one attached hydrogen (secondary N) is 1. The average molecular weight is 278 g/mol. The van der Waals surface area contributed by atoms with Crippen LogP contribution in [0.1, 0.15) is 18.4 Å². The first kappa shape index (κ1) is 14.1. The summed E-state index contributed by atoms with van der Waals surface area (Å²) >= 11 is 0. The van der Waals surface area contributed by atoms with E-state index in [1.54, 1.807) is 17.0 Å². The molecule has 0 aliphatic carbocycles. The molecular weight excluding hydrogens is 260 g/mol. The molecule has 0 radical (unpaired) electrons. The first-order valence-electron chi connectivity index (χ1n) is 6.53. The van der Waals surface area contributed by atoms with Crippen molar-refractivity contribution in [2.75, 3.05) is 18.4 Å². The van der Waals surface area contributed by atoms with Gasteiger partial charge in [0.15, 0.2) is 0 Å². The van der Waals surface area contributed by atoms with Gasteiger partial charge in [-0.25, -0.2) is 4.79 Å². The zero-order chi connectivity index (χ0) is 14.7. The molecular formula is C13H18N4O3. The molecule has 0 bridgehead atoms. The molecule has 1 aliphatic rings. The Morgan fingerprint density at radius 1 is 1.45 bits per heavy atom. The van der Waals surface area contributed by atoms with E-state index >= 15 is 0 Å². The van der Waals surface area contributed by atoms with Crippen LogP contribution in [0.5, 0.6) is 0 Å². The van der Waals surface area contributed by atoms with Crippen LogP contribution >= 0.6 is 0 Å². The molecule has 7 heteroatoms. The smallest absolute Gasteiger partial charge is 0.314 e. The average Bonchev–Trinajstić information content (AvgIpc) is 2.41. The number of benzene rings is 1. The monoisotopic (exact) mass is 278 g/mol. The molecule has 1 heterocycles. The number of hydrogen-bond donors (Lipinski definition) is 2. The highest BCUT2D eigenvalue weighted by atomic mass is 16.6. The Labute approximate surface area is 116 Å². The number of aryl methyl sites for hydroxylation is 1. The highest BCUT2D eigenvalue weighted by molar-refractivity contribution is 5.72. The molecule has 0 aromatic heterocycles. The van der Waals surface area contributed by atoms with Crippen LogP contribution in [-0.2, 0) is 0 Å². The fourth-order valence-corrected chi connectivity index (χ4v) is 2.34. The number of anilines is 1.